The number of rotatable bonds is 2. The Labute approximate surface area is 123 Å². The minimum Gasteiger partial charge on any atom is -0.339 e. The van der Waals surface area contributed by atoms with E-state index in [1.807, 2.05) is 0 Å². The molecule has 4 nitrogen and oxygen atoms in total. The molecule has 2 aliphatic rings. The van der Waals surface area contributed by atoms with Gasteiger partial charge >= 0.3 is 0 Å². The van der Waals surface area contributed by atoms with Gasteiger partial charge in [-0.2, -0.15) is 4.98 Å². The molecule has 0 aliphatic heterocycles. The van der Waals surface area contributed by atoms with E-state index in [0.717, 1.165) is 37.9 Å². The van der Waals surface area contributed by atoms with Crippen molar-refractivity contribution in [2.45, 2.75) is 50.4 Å². The third kappa shape index (κ3) is 2.28. The highest BCUT2D eigenvalue weighted by Gasteiger charge is 2.32. The zero-order chi connectivity index (χ0) is 14.2. The number of ketones is 1. The Hall–Kier alpha value is -1.97. The van der Waals surface area contributed by atoms with E-state index in [-0.39, 0.29) is 11.7 Å². The van der Waals surface area contributed by atoms with Gasteiger partial charge in [-0.3, -0.25) is 4.79 Å². The van der Waals surface area contributed by atoms with Crippen molar-refractivity contribution >= 4 is 5.78 Å². The van der Waals surface area contributed by atoms with Gasteiger partial charge in [-0.25, -0.2) is 0 Å². The van der Waals surface area contributed by atoms with Crippen LogP contribution < -0.4 is 0 Å². The molecule has 1 aromatic carbocycles. The van der Waals surface area contributed by atoms with Gasteiger partial charge < -0.3 is 4.52 Å². The number of Topliss-reactive ketones (excluding diaryl/α,β-unsaturated/α-hetero) is 1. The zero-order valence-corrected chi connectivity index (χ0v) is 11.9. The average Bonchev–Trinajstić information content (AvgIpc) is 3.15. The van der Waals surface area contributed by atoms with Crippen molar-refractivity contribution in [3.8, 4) is 0 Å². The number of aryl methyl sites for hydroxylation is 1. The quantitative estimate of drug-likeness (QED) is 0.849. The van der Waals surface area contributed by atoms with E-state index in [0.29, 0.717) is 18.2 Å². The summed E-state index contributed by atoms with van der Waals surface area (Å²) in [5.74, 6) is 1.72. The lowest BCUT2D eigenvalue weighted by Gasteiger charge is -2.21. The first-order chi connectivity index (χ1) is 10.3. The topological polar surface area (TPSA) is 56.0 Å². The Morgan fingerprint density at radius 1 is 1.10 bits per heavy atom. The maximum atomic E-state index is 11.8. The minimum absolute atomic E-state index is 0.151. The van der Waals surface area contributed by atoms with E-state index in [4.69, 9.17) is 4.52 Å². The molecule has 108 valence electrons. The maximum Gasteiger partial charge on any atom is 0.237 e. The Morgan fingerprint density at radius 2 is 1.95 bits per heavy atom. The van der Waals surface area contributed by atoms with Gasteiger partial charge in [0.25, 0.3) is 0 Å². The molecule has 21 heavy (non-hydrogen) atoms. The minimum atomic E-state index is -0.151. The number of benzene rings is 1. The molecule has 1 fully saturated rings. The summed E-state index contributed by atoms with van der Waals surface area (Å²) in [5, 5.41) is 4.15. The van der Waals surface area contributed by atoms with Crippen molar-refractivity contribution in [1.29, 1.82) is 0 Å². The van der Waals surface area contributed by atoms with Crippen molar-refractivity contribution in [2.24, 2.45) is 0 Å². The number of hydrogen-bond acceptors (Lipinski definition) is 4. The summed E-state index contributed by atoms with van der Waals surface area (Å²) in [6, 6.07) is 8.56. The first-order valence-electron chi connectivity index (χ1n) is 7.74. The molecule has 1 aromatic heterocycles. The summed E-state index contributed by atoms with van der Waals surface area (Å²) in [5.41, 5.74) is 2.82. The van der Waals surface area contributed by atoms with Crippen LogP contribution in [0.2, 0.25) is 0 Å². The Kier molecular flexibility index (Phi) is 3.09. The fourth-order valence-electron chi connectivity index (χ4n) is 3.55. The van der Waals surface area contributed by atoms with Crippen LogP contribution in [0.3, 0.4) is 0 Å². The summed E-state index contributed by atoms with van der Waals surface area (Å²) in [6.45, 7) is 0. The van der Waals surface area contributed by atoms with Crippen LogP contribution in [0.4, 0.5) is 0 Å². The normalized spacial score (nSPS) is 25.0. The highest BCUT2D eigenvalue weighted by molar-refractivity contribution is 5.86. The Balaban J connectivity index is 1.55. The number of nitrogens with zero attached hydrogens (tertiary/aromatic N) is 2. The zero-order valence-electron chi connectivity index (χ0n) is 11.9. The van der Waals surface area contributed by atoms with E-state index < -0.39 is 0 Å². The van der Waals surface area contributed by atoms with Gasteiger partial charge in [-0.05, 0) is 43.2 Å². The van der Waals surface area contributed by atoms with Crippen molar-refractivity contribution in [3.05, 3.63) is 47.1 Å². The first-order valence-corrected chi connectivity index (χ1v) is 7.74. The van der Waals surface area contributed by atoms with E-state index in [2.05, 4.69) is 34.4 Å². The van der Waals surface area contributed by atoms with Crippen LogP contribution in [0, 0.1) is 0 Å². The molecular formula is C17H18N2O2. The van der Waals surface area contributed by atoms with Crippen molar-refractivity contribution in [3.63, 3.8) is 0 Å². The van der Waals surface area contributed by atoms with Crippen LogP contribution in [0.1, 0.15) is 60.4 Å². The van der Waals surface area contributed by atoms with Gasteiger partial charge in [0.2, 0.25) is 5.89 Å². The van der Waals surface area contributed by atoms with Gasteiger partial charge in [-0.1, -0.05) is 29.4 Å². The van der Waals surface area contributed by atoms with Crippen LogP contribution in [0.5, 0.6) is 0 Å². The van der Waals surface area contributed by atoms with Gasteiger partial charge in [0.1, 0.15) is 5.78 Å². The Morgan fingerprint density at radius 3 is 2.76 bits per heavy atom. The van der Waals surface area contributed by atoms with Gasteiger partial charge in [0.05, 0.1) is 5.92 Å². The fourth-order valence-corrected chi connectivity index (χ4v) is 3.55. The molecule has 0 saturated heterocycles. The third-order valence-electron chi connectivity index (χ3n) is 4.77. The monoisotopic (exact) mass is 282 g/mol. The second-order valence-corrected chi connectivity index (χ2v) is 6.11. The van der Waals surface area contributed by atoms with Crippen molar-refractivity contribution < 1.29 is 9.32 Å². The molecule has 2 aliphatic carbocycles. The standard InChI is InChI=1S/C17H18N2O2/c20-15-7-3-6-14(15)17-18-16(19-21-17)13-9-8-11-4-1-2-5-12(11)10-13/h1-2,4-5,13-14H,3,6-10H2. The molecule has 1 saturated carbocycles. The smallest absolute Gasteiger partial charge is 0.237 e. The second kappa shape index (κ2) is 5.10. The fraction of sp³-hybridized carbons (Fsp3) is 0.471. The Bertz CT molecular complexity index is 677. The molecule has 0 N–H and O–H groups in total. The highest BCUT2D eigenvalue weighted by atomic mass is 16.5. The molecule has 0 radical (unpaired) electrons. The summed E-state index contributed by atoms with van der Waals surface area (Å²) < 4.78 is 5.38. The van der Waals surface area contributed by atoms with Crippen LogP contribution in [0.15, 0.2) is 28.8 Å². The van der Waals surface area contributed by atoms with Crippen LogP contribution in [0.25, 0.3) is 0 Å². The molecule has 0 amide bonds. The second-order valence-electron chi connectivity index (χ2n) is 6.11. The maximum absolute atomic E-state index is 11.8. The highest BCUT2D eigenvalue weighted by Crippen LogP contribution is 2.34. The van der Waals surface area contributed by atoms with Crippen molar-refractivity contribution in [2.75, 3.05) is 0 Å². The number of carbonyl (C=O) groups excluding carboxylic acids is 1. The molecular weight excluding hydrogens is 264 g/mol. The van der Waals surface area contributed by atoms with E-state index in [9.17, 15) is 4.79 Å². The lowest BCUT2D eigenvalue weighted by atomic mass is 9.83. The molecule has 0 spiro atoms. The number of carbonyl (C=O) groups is 1. The molecule has 4 rings (SSSR count). The van der Waals surface area contributed by atoms with Crippen molar-refractivity contribution in [1.82, 2.24) is 10.1 Å². The molecule has 2 atom stereocenters. The van der Waals surface area contributed by atoms with E-state index in [1.165, 1.54) is 11.1 Å². The summed E-state index contributed by atoms with van der Waals surface area (Å²) in [4.78, 5) is 16.3. The van der Waals surface area contributed by atoms with Crippen LogP contribution in [-0.4, -0.2) is 15.9 Å². The predicted octanol–water partition coefficient (Wildman–Crippen LogP) is 3.18. The molecule has 2 aromatic rings. The molecule has 4 heteroatoms. The lowest BCUT2D eigenvalue weighted by molar-refractivity contribution is -0.119. The third-order valence-corrected chi connectivity index (χ3v) is 4.77. The SMILES string of the molecule is O=C1CCCC1c1nc(C2CCc3ccccc3C2)no1. The van der Waals surface area contributed by atoms with Gasteiger partial charge in [-0.15, -0.1) is 0 Å². The molecule has 0 bridgehead atoms. The van der Waals surface area contributed by atoms with Crippen LogP contribution in [-0.2, 0) is 17.6 Å². The first kappa shape index (κ1) is 12.7. The van der Waals surface area contributed by atoms with Gasteiger partial charge in [0, 0.05) is 12.3 Å². The lowest BCUT2D eigenvalue weighted by Crippen LogP contribution is -2.14. The summed E-state index contributed by atoms with van der Waals surface area (Å²) >= 11 is 0. The molecule has 1 heterocycles. The number of fused-ring (bicyclic) bond motifs is 1. The number of hydrogen-bond donors (Lipinski definition) is 0. The van der Waals surface area contributed by atoms with E-state index >= 15 is 0 Å². The van der Waals surface area contributed by atoms with E-state index in [1.54, 1.807) is 0 Å². The average molecular weight is 282 g/mol. The van der Waals surface area contributed by atoms with Crippen LogP contribution >= 0.6 is 0 Å². The molecule has 2 unspecified atom stereocenters. The largest absolute Gasteiger partial charge is 0.339 e. The predicted molar refractivity (Wildman–Crippen MR) is 77.1 cm³/mol. The van der Waals surface area contributed by atoms with Gasteiger partial charge in [0.15, 0.2) is 5.82 Å². The summed E-state index contributed by atoms with van der Waals surface area (Å²) in [7, 11) is 0. The number of aromatic nitrogens is 2. The summed E-state index contributed by atoms with van der Waals surface area (Å²) in [6.07, 6.45) is 5.53.